The summed E-state index contributed by atoms with van der Waals surface area (Å²) in [5.74, 6) is 0.214. The highest BCUT2D eigenvalue weighted by Gasteiger charge is 2.22. The molecule has 1 atom stereocenters. The number of benzene rings is 3. The zero-order valence-corrected chi connectivity index (χ0v) is 23.0. The maximum Gasteiger partial charge on any atom is 0.274 e. The molecule has 3 N–H and O–H groups in total. The van der Waals surface area contributed by atoms with Crippen molar-refractivity contribution in [2.24, 2.45) is 0 Å². The van der Waals surface area contributed by atoms with E-state index in [4.69, 9.17) is 22.1 Å². The van der Waals surface area contributed by atoms with Gasteiger partial charge in [0.1, 0.15) is 5.75 Å². The van der Waals surface area contributed by atoms with Crippen molar-refractivity contribution in [1.82, 2.24) is 19.9 Å². The van der Waals surface area contributed by atoms with Crippen molar-refractivity contribution < 1.29 is 9.53 Å². The smallest absolute Gasteiger partial charge is 0.274 e. The van der Waals surface area contributed by atoms with Gasteiger partial charge in [-0.25, -0.2) is 9.97 Å². The van der Waals surface area contributed by atoms with E-state index >= 15 is 0 Å². The van der Waals surface area contributed by atoms with Crippen LogP contribution in [0.2, 0.25) is 5.02 Å². The first-order chi connectivity index (χ1) is 19.2. The van der Waals surface area contributed by atoms with Gasteiger partial charge in [-0.3, -0.25) is 14.2 Å². The molecule has 3 aromatic carbocycles. The molecule has 5 aromatic rings. The van der Waals surface area contributed by atoms with Crippen LogP contribution in [0.3, 0.4) is 0 Å². The Labute approximate surface area is 236 Å². The van der Waals surface area contributed by atoms with Gasteiger partial charge in [-0.1, -0.05) is 41.9 Å². The second kappa shape index (κ2) is 11.2. The third-order valence-electron chi connectivity index (χ3n) is 6.37. The van der Waals surface area contributed by atoms with E-state index in [1.165, 1.54) is 6.20 Å². The number of ether oxygens (including phenoxy) is 1. The summed E-state index contributed by atoms with van der Waals surface area (Å²) in [7, 11) is 0. The van der Waals surface area contributed by atoms with Gasteiger partial charge in [0.25, 0.3) is 11.5 Å². The number of nitrogens with zero attached hydrogens (tertiary/aromatic N) is 3. The predicted octanol–water partition coefficient (Wildman–Crippen LogP) is 5.96. The van der Waals surface area contributed by atoms with Gasteiger partial charge >= 0.3 is 0 Å². The van der Waals surface area contributed by atoms with Crippen LogP contribution in [0.4, 0.5) is 5.82 Å². The third-order valence-corrected chi connectivity index (χ3v) is 6.68. The number of amides is 1. The Morgan fingerprint density at radius 2 is 1.73 bits per heavy atom. The van der Waals surface area contributed by atoms with Gasteiger partial charge in [0.15, 0.2) is 11.5 Å². The molecule has 2 aromatic heterocycles. The Kier molecular flexibility index (Phi) is 7.53. The average Bonchev–Trinajstić information content (AvgIpc) is 2.93. The number of pyridine rings is 1. The molecule has 9 heteroatoms. The van der Waals surface area contributed by atoms with Crippen LogP contribution >= 0.6 is 11.6 Å². The minimum atomic E-state index is -0.596. The molecule has 0 aliphatic carbocycles. The number of carbonyl (C=O) groups is 1. The highest BCUT2D eigenvalue weighted by atomic mass is 35.5. The van der Waals surface area contributed by atoms with Crippen molar-refractivity contribution in [3.8, 4) is 22.7 Å². The van der Waals surface area contributed by atoms with Crippen LogP contribution in [-0.2, 0) is 0 Å². The SMILES string of the molecule is CC(C)Oc1ccc(-c2cnc(N)c(C(=O)NC(C)c3cc4cccc(Cl)c4c(=O)n3-c3ccccc3)n2)cc1. The Bertz CT molecular complexity index is 1750. The van der Waals surface area contributed by atoms with Gasteiger partial charge in [0, 0.05) is 16.9 Å². The largest absolute Gasteiger partial charge is 0.491 e. The number of nitrogens with two attached hydrogens (primary N) is 1. The lowest BCUT2D eigenvalue weighted by Gasteiger charge is -2.21. The molecule has 0 radical (unpaired) electrons. The molecule has 40 heavy (non-hydrogen) atoms. The maximum atomic E-state index is 13.7. The van der Waals surface area contributed by atoms with E-state index in [1.807, 2.05) is 80.6 Å². The summed E-state index contributed by atoms with van der Waals surface area (Å²) in [6.45, 7) is 5.71. The molecule has 0 spiro atoms. The Morgan fingerprint density at radius 1 is 1.00 bits per heavy atom. The van der Waals surface area contributed by atoms with Crippen molar-refractivity contribution in [3.63, 3.8) is 0 Å². The molecule has 2 heterocycles. The van der Waals surface area contributed by atoms with Gasteiger partial charge in [-0.05, 0) is 74.7 Å². The molecular weight excluding hydrogens is 526 g/mol. The van der Waals surface area contributed by atoms with Crippen LogP contribution in [0.1, 0.15) is 43.0 Å². The lowest BCUT2D eigenvalue weighted by Crippen LogP contribution is -2.33. The zero-order valence-electron chi connectivity index (χ0n) is 22.3. The molecule has 0 aliphatic heterocycles. The zero-order chi connectivity index (χ0) is 28.4. The van der Waals surface area contributed by atoms with E-state index in [-0.39, 0.29) is 23.2 Å². The van der Waals surface area contributed by atoms with Crippen molar-refractivity contribution >= 4 is 34.1 Å². The van der Waals surface area contributed by atoms with Crippen LogP contribution in [0, 0.1) is 0 Å². The minimum Gasteiger partial charge on any atom is -0.491 e. The maximum absolute atomic E-state index is 13.7. The number of hydrogen-bond acceptors (Lipinski definition) is 6. The predicted molar refractivity (Wildman–Crippen MR) is 158 cm³/mol. The normalized spacial score (nSPS) is 11.9. The number of rotatable bonds is 7. The molecular formula is C31H28ClN5O3. The number of halogens is 1. The van der Waals surface area contributed by atoms with Crippen molar-refractivity contribution in [2.45, 2.75) is 32.9 Å². The van der Waals surface area contributed by atoms with Crippen LogP contribution in [0.25, 0.3) is 27.7 Å². The summed E-state index contributed by atoms with van der Waals surface area (Å²) in [6, 6.07) is 23.1. The van der Waals surface area contributed by atoms with Gasteiger partial charge in [-0.15, -0.1) is 0 Å². The highest BCUT2D eigenvalue weighted by Crippen LogP contribution is 2.26. The molecule has 8 nitrogen and oxygen atoms in total. The second-order valence-electron chi connectivity index (χ2n) is 9.62. The Morgan fingerprint density at radius 3 is 2.42 bits per heavy atom. The van der Waals surface area contributed by atoms with Crippen molar-refractivity contribution in [2.75, 3.05) is 5.73 Å². The first-order valence-electron chi connectivity index (χ1n) is 12.8. The summed E-state index contributed by atoms with van der Waals surface area (Å²) >= 11 is 6.41. The second-order valence-corrected chi connectivity index (χ2v) is 10.0. The number of nitrogens with one attached hydrogen (secondary N) is 1. The number of fused-ring (bicyclic) bond motifs is 1. The molecule has 0 aliphatic rings. The molecule has 1 amide bonds. The fourth-order valence-electron chi connectivity index (χ4n) is 4.52. The van der Waals surface area contributed by atoms with Crippen LogP contribution < -0.4 is 21.3 Å². The Hall–Kier alpha value is -4.69. The summed E-state index contributed by atoms with van der Waals surface area (Å²) < 4.78 is 7.26. The quantitative estimate of drug-likeness (QED) is 0.257. The molecule has 202 valence electrons. The lowest BCUT2D eigenvalue weighted by molar-refractivity contribution is 0.0934. The van der Waals surface area contributed by atoms with E-state index in [0.29, 0.717) is 32.9 Å². The molecule has 0 saturated carbocycles. The number of carbonyl (C=O) groups excluding carboxylic acids is 1. The van der Waals surface area contributed by atoms with E-state index in [2.05, 4.69) is 15.3 Å². The summed E-state index contributed by atoms with van der Waals surface area (Å²) in [4.78, 5) is 35.8. The van der Waals surface area contributed by atoms with Crippen LogP contribution in [0.5, 0.6) is 5.75 Å². The number of hydrogen-bond donors (Lipinski definition) is 2. The van der Waals surface area contributed by atoms with Gasteiger partial charge in [0.05, 0.1) is 34.4 Å². The summed E-state index contributed by atoms with van der Waals surface area (Å²) in [5.41, 5.74) is 8.25. The topological polar surface area (TPSA) is 112 Å². The summed E-state index contributed by atoms with van der Waals surface area (Å²) in [6.07, 6.45) is 1.57. The van der Waals surface area contributed by atoms with Crippen molar-refractivity contribution in [1.29, 1.82) is 0 Å². The fourth-order valence-corrected chi connectivity index (χ4v) is 4.78. The standard InChI is InChI=1S/C31H28ClN5O3/c1-18(2)40-23-14-12-20(13-15-23)25-17-34-29(33)28(36-25)30(38)35-19(3)26-16-21-8-7-11-24(32)27(21)31(39)37(26)22-9-5-4-6-10-22/h4-19H,1-3H3,(H2,33,34)(H,35,38). The number of anilines is 1. The van der Waals surface area contributed by atoms with E-state index in [1.54, 1.807) is 23.6 Å². The monoisotopic (exact) mass is 553 g/mol. The average molecular weight is 554 g/mol. The number of aromatic nitrogens is 3. The number of para-hydroxylation sites is 1. The molecule has 0 saturated heterocycles. The first kappa shape index (κ1) is 26.9. The van der Waals surface area contributed by atoms with E-state index in [9.17, 15) is 9.59 Å². The van der Waals surface area contributed by atoms with E-state index in [0.717, 1.165) is 11.3 Å². The molecule has 1 unspecified atom stereocenters. The fraction of sp³-hybridized carbons (Fsp3) is 0.161. The van der Waals surface area contributed by atoms with Crippen LogP contribution in [-0.4, -0.2) is 26.5 Å². The minimum absolute atomic E-state index is 0.000968. The number of nitrogen functional groups attached to an aromatic ring is 1. The summed E-state index contributed by atoms with van der Waals surface area (Å²) in [5, 5.41) is 4.38. The van der Waals surface area contributed by atoms with Crippen LogP contribution in [0.15, 0.2) is 89.9 Å². The molecule has 5 rings (SSSR count). The van der Waals surface area contributed by atoms with E-state index < -0.39 is 11.9 Å². The lowest BCUT2D eigenvalue weighted by atomic mass is 10.1. The van der Waals surface area contributed by atoms with Gasteiger partial charge in [-0.2, -0.15) is 0 Å². The van der Waals surface area contributed by atoms with Gasteiger partial charge in [0.2, 0.25) is 0 Å². The Balaban J connectivity index is 1.50. The first-order valence-corrected chi connectivity index (χ1v) is 13.2. The highest BCUT2D eigenvalue weighted by molar-refractivity contribution is 6.35. The molecule has 0 bridgehead atoms. The van der Waals surface area contributed by atoms with Gasteiger partial charge < -0.3 is 15.8 Å². The molecule has 0 fully saturated rings. The third kappa shape index (κ3) is 5.39. The van der Waals surface area contributed by atoms with Crippen molar-refractivity contribution in [3.05, 3.63) is 112 Å².